The summed E-state index contributed by atoms with van der Waals surface area (Å²) in [5, 5.41) is 40.5. The Morgan fingerprint density at radius 2 is 1.54 bits per heavy atom. The van der Waals surface area contributed by atoms with Gasteiger partial charge in [0.1, 0.15) is 17.8 Å². The number of aliphatic carboxylic acids is 2. The van der Waals surface area contributed by atoms with Gasteiger partial charge in [-0.3, -0.25) is 14.4 Å². The second kappa shape index (κ2) is 10.8. The van der Waals surface area contributed by atoms with E-state index in [0.29, 0.717) is 5.56 Å². The molecule has 0 aromatic heterocycles. The first-order valence-corrected chi connectivity index (χ1v) is 8.33. The average Bonchev–Trinajstić information content (AvgIpc) is 2.64. The van der Waals surface area contributed by atoms with Gasteiger partial charge in [0.15, 0.2) is 0 Å². The zero-order valence-corrected chi connectivity index (χ0v) is 14.9. The summed E-state index contributed by atoms with van der Waals surface area (Å²) < 4.78 is 0. The minimum Gasteiger partial charge on any atom is -0.508 e. The Balaban J connectivity index is 2.91. The first-order chi connectivity index (χ1) is 13.1. The van der Waals surface area contributed by atoms with E-state index < -0.39 is 48.5 Å². The molecule has 28 heavy (non-hydrogen) atoms. The summed E-state index contributed by atoms with van der Waals surface area (Å²) >= 11 is 0. The number of hydrogen-bond acceptors (Lipinski definition) is 7. The SMILES string of the molecule is N[C@@H](CCC(=O)O)C(=O)N[C@@H](Cc1ccc(O)cc1)C(=O)N[C@@H](CO)C(=O)O. The van der Waals surface area contributed by atoms with Gasteiger partial charge in [-0.25, -0.2) is 4.79 Å². The molecule has 0 aliphatic heterocycles. The number of carboxylic acids is 2. The number of benzene rings is 1. The predicted molar refractivity (Wildman–Crippen MR) is 95.2 cm³/mol. The van der Waals surface area contributed by atoms with Crippen LogP contribution in [0.25, 0.3) is 0 Å². The van der Waals surface area contributed by atoms with Crippen molar-refractivity contribution in [2.24, 2.45) is 5.73 Å². The van der Waals surface area contributed by atoms with E-state index in [1.165, 1.54) is 24.3 Å². The summed E-state index contributed by atoms with van der Waals surface area (Å²) in [7, 11) is 0. The van der Waals surface area contributed by atoms with Crippen LogP contribution in [0.3, 0.4) is 0 Å². The number of aliphatic hydroxyl groups is 1. The molecule has 1 aromatic carbocycles. The summed E-state index contributed by atoms with van der Waals surface area (Å²) in [6, 6.07) is 1.78. The van der Waals surface area contributed by atoms with Crippen molar-refractivity contribution in [2.45, 2.75) is 37.4 Å². The summed E-state index contributed by atoms with van der Waals surface area (Å²) in [5.74, 6) is -4.24. The number of carboxylic acid groups (broad SMARTS) is 2. The highest BCUT2D eigenvalue weighted by Crippen LogP contribution is 2.12. The molecule has 0 aliphatic carbocycles. The highest BCUT2D eigenvalue weighted by molar-refractivity contribution is 5.92. The van der Waals surface area contributed by atoms with Gasteiger partial charge in [0, 0.05) is 12.8 Å². The number of aromatic hydroxyl groups is 1. The lowest BCUT2D eigenvalue weighted by molar-refractivity contribution is -0.143. The van der Waals surface area contributed by atoms with Gasteiger partial charge in [0.2, 0.25) is 11.8 Å². The van der Waals surface area contributed by atoms with Crippen LogP contribution in [0, 0.1) is 0 Å². The minimum absolute atomic E-state index is 0.00398. The smallest absolute Gasteiger partial charge is 0.328 e. The molecule has 3 atom stereocenters. The van der Waals surface area contributed by atoms with Crippen LogP contribution in [0.1, 0.15) is 18.4 Å². The van der Waals surface area contributed by atoms with Crippen LogP contribution in [-0.4, -0.2) is 68.9 Å². The number of hydrogen-bond donors (Lipinski definition) is 7. The van der Waals surface area contributed by atoms with Crippen molar-refractivity contribution >= 4 is 23.8 Å². The quantitative estimate of drug-likeness (QED) is 0.224. The Hall–Kier alpha value is -3.18. The largest absolute Gasteiger partial charge is 0.508 e. The molecular weight excluding hydrogens is 374 g/mol. The molecule has 154 valence electrons. The number of phenols is 1. The second-order valence-electron chi connectivity index (χ2n) is 6.05. The fraction of sp³-hybridized carbons (Fsp3) is 0.412. The number of nitrogens with one attached hydrogen (secondary N) is 2. The minimum atomic E-state index is -1.56. The molecule has 0 bridgehead atoms. The van der Waals surface area contributed by atoms with E-state index >= 15 is 0 Å². The normalized spacial score (nSPS) is 13.8. The van der Waals surface area contributed by atoms with Gasteiger partial charge in [-0.05, 0) is 24.1 Å². The molecule has 8 N–H and O–H groups in total. The van der Waals surface area contributed by atoms with Crippen LogP contribution < -0.4 is 16.4 Å². The molecule has 0 radical (unpaired) electrons. The van der Waals surface area contributed by atoms with E-state index in [-0.39, 0.29) is 25.0 Å². The third-order valence-corrected chi connectivity index (χ3v) is 3.81. The van der Waals surface area contributed by atoms with Crippen molar-refractivity contribution in [1.82, 2.24) is 10.6 Å². The molecule has 2 amide bonds. The molecule has 0 unspecified atom stereocenters. The van der Waals surface area contributed by atoms with Gasteiger partial charge in [-0.1, -0.05) is 12.1 Å². The third-order valence-electron chi connectivity index (χ3n) is 3.81. The van der Waals surface area contributed by atoms with Gasteiger partial charge >= 0.3 is 11.9 Å². The lowest BCUT2D eigenvalue weighted by Gasteiger charge is -2.22. The van der Waals surface area contributed by atoms with Gasteiger partial charge in [-0.15, -0.1) is 0 Å². The highest BCUT2D eigenvalue weighted by Gasteiger charge is 2.28. The molecular formula is C17H23N3O8. The van der Waals surface area contributed by atoms with Gasteiger partial charge < -0.3 is 36.8 Å². The first-order valence-electron chi connectivity index (χ1n) is 8.33. The molecule has 1 aromatic rings. The molecule has 11 nitrogen and oxygen atoms in total. The fourth-order valence-electron chi connectivity index (χ4n) is 2.22. The van der Waals surface area contributed by atoms with Gasteiger partial charge in [0.05, 0.1) is 12.6 Å². The number of carbonyl (C=O) groups excluding carboxylic acids is 2. The van der Waals surface area contributed by atoms with E-state index in [1.54, 1.807) is 0 Å². The van der Waals surface area contributed by atoms with Crippen LogP contribution in [0.5, 0.6) is 5.75 Å². The molecule has 0 aliphatic rings. The summed E-state index contributed by atoms with van der Waals surface area (Å²) in [6.45, 7) is -0.848. The zero-order valence-electron chi connectivity index (χ0n) is 14.9. The van der Waals surface area contributed by atoms with Crippen LogP contribution in [0.4, 0.5) is 0 Å². The van der Waals surface area contributed by atoms with Gasteiger partial charge in [0.25, 0.3) is 0 Å². The number of phenolic OH excluding ortho intramolecular Hbond substituents is 1. The topological polar surface area (TPSA) is 199 Å². The summed E-state index contributed by atoms with van der Waals surface area (Å²) in [5.41, 5.74) is 6.18. The Morgan fingerprint density at radius 1 is 0.964 bits per heavy atom. The Morgan fingerprint density at radius 3 is 2.04 bits per heavy atom. The standard InChI is InChI=1S/C17H23N3O8/c18-11(5-6-14(23)24)15(25)19-12(7-9-1-3-10(22)4-2-9)16(26)20-13(8-21)17(27)28/h1-4,11-13,21-22H,5-8,18H2,(H,19,25)(H,20,26)(H,23,24)(H,27,28)/t11-,12-,13-/m0/s1. The van der Waals surface area contributed by atoms with Gasteiger partial charge in [-0.2, -0.15) is 0 Å². The molecule has 0 spiro atoms. The number of rotatable bonds is 11. The summed E-state index contributed by atoms with van der Waals surface area (Å²) in [4.78, 5) is 46.2. The summed E-state index contributed by atoms with van der Waals surface area (Å²) in [6.07, 6.45) is -0.542. The third kappa shape index (κ3) is 7.60. The molecule has 1 rings (SSSR count). The predicted octanol–water partition coefficient (Wildman–Crippen LogP) is -1.83. The molecule has 11 heteroatoms. The molecule has 0 fully saturated rings. The zero-order chi connectivity index (χ0) is 21.3. The van der Waals surface area contributed by atoms with Crippen molar-refractivity contribution < 1.29 is 39.6 Å². The maximum absolute atomic E-state index is 12.4. The Bertz CT molecular complexity index is 707. The maximum atomic E-state index is 12.4. The van der Waals surface area contributed by atoms with Crippen molar-refractivity contribution in [2.75, 3.05) is 6.61 Å². The number of nitrogens with two attached hydrogens (primary N) is 1. The Kier molecular flexibility index (Phi) is 8.85. The van der Waals surface area contributed by atoms with E-state index in [2.05, 4.69) is 10.6 Å². The van der Waals surface area contributed by atoms with E-state index in [4.69, 9.17) is 21.1 Å². The van der Waals surface area contributed by atoms with E-state index in [0.717, 1.165) is 0 Å². The van der Waals surface area contributed by atoms with E-state index in [1.807, 2.05) is 0 Å². The van der Waals surface area contributed by atoms with Crippen LogP contribution in [0.15, 0.2) is 24.3 Å². The van der Waals surface area contributed by atoms with Crippen LogP contribution >= 0.6 is 0 Å². The number of amides is 2. The lowest BCUT2D eigenvalue weighted by atomic mass is 10.0. The number of aliphatic hydroxyl groups excluding tert-OH is 1. The molecule has 0 saturated carbocycles. The lowest BCUT2D eigenvalue weighted by Crippen LogP contribution is -2.55. The van der Waals surface area contributed by atoms with Crippen molar-refractivity contribution in [3.05, 3.63) is 29.8 Å². The average molecular weight is 397 g/mol. The van der Waals surface area contributed by atoms with Crippen molar-refractivity contribution in [3.8, 4) is 5.75 Å². The molecule has 0 heterocycles. The van der Waals surface area contributed by atoms with E-state index in [9.17, 15) is 24.3 Å². The first kappa shape index (κ1) is 22.9. The molecule has 0 saturated heterocycles. The van der Waals surface area contributed by atoms with Crippen molar-refractivity contribution in [3.63, 3.8) is 0 Å². The fourth-order valence-corrected chi connectivity index (χ4v) is 2.22. The number of carbonyl (C=O) groups is 4. The maximum Gasteiger partial charge on any atom is 0.328 e. The monoisotopic (exact) mass is 397 g/mol. The van der Waals surface area contributed by atoms with Crippen LogP contribution in [-0.2, 0) is 25.6 Å². The highest BCUT2D eigenvalue weighted by atomic mass is 16.4. The van der Waals surface area contributed by atoms with Crippen LogP contribution in [0.2, 0.25) is 0 Å². The second-order valence-corrected chi connectivity index (χ2v) is 6.05. The van der Waals surface area contributed by atoms with Crippen molar-refractivity contribution in [1.29, 1.82) is 0 Å². The Labute approximate surface area is 160 Å².